The van der Waals surface area contributed by atoms with Crippen molar-refractivity contribution < 1.29 is 5.11 Å². The molecular weight excluding hydrogens is 90.1 g/mol. The zero-order valence-electron chi connectivity index (χ0n) is 4.65. The molecule has 1 unspecified atom stereocenters. The van der Waals surface area contributed by atoms with Crippen LogP contribution in [0.5, 0.6) is 0 Å². The van der Waals surface area contributed by atoms with E-state index in [1.807, 2.05) is 6.92 Å². The normalized spacial score (nSPS) is 14.1. The largest absolute Gasteiger partial charge is 0.379 e. The van der Waals surface area contributed by atoms with Crippen molar-refractivity contribution in [2.45, 2.75) is 19.6 Å². The first-order valence-corrected chi connectivity index (χ1v) is 2.52. The monoisotopic (exact) mass is 102 g/mol. The molecule has 0 amide bonds. The van der Waals surface area contributed by atoms with E-state index in [4.69, 9.17) is 5.11 Å². The second-order valence-corrected chi connectivity index (χ2v) is 1.38. The topological polar surface area (TPSA) is 32.3 Å². The van der Waals surface area contributed by atoms with Crippen LogP contribution in [0.25, 0.3) is 0 Å². The lowest BCUT2D eigenvalue weighted by atomic mass is 10.4. The Labute approximate surface area is 44.5 Å². The third kappa shape index (κ3) is 3.76. The molecule has 0 aromatic carbocycles. The maximum Gasteiger partial charge on any atom is 0.104 e. The fraction of sp³-hybridized carbons (Fsp3) is 0.800. The van der Waals surface area contributed by atoms with Crippen LogP contribution in [-0.4, -0.2) is 17.9 Å². The Morgan fingerprint density at radius 3 is 2.57 bits per heavy atom. The van der Waals surface area contributed by atoms with Crippen LogP contribution in [0, 0.1) is 6.92 Å². The van der Waals surface area contributed by atoms with E-state index in [2.05, 4.69) is 12.2 Å². The lowest BCUT2D eigenvalue weighted by Gasteiger charge is -2.05. The summed E-state index contributed by atoms with van der Waals surface area (Å²) in [5, 5.41) is 11.4. The van der Waals surface area contributed by atoms with Crippen LogP contribution in [0.4, 0.5) is 0 Å². The van der Waals surface area contributed by atoms with Crippen molar-refractivity contribution in [3.05, 3.63) is 6.92 Å². The fourth-order valence-electron chi connectivity index (χ4n) is 0.311. The maximum atomic E-state index is 8.71. The number of aliphatic hydroxyl groups excluding tert-OH is 1. The number of hydrogen-bond acceptors (Lipinski definition) is 2. The van der Waals surface area contributed by atoms with Crippen molar-refractivity contribution in [1.82, 2.24) is 5.32 Å². The molecule has 2 N–H and O–H groups in total. The predicted octanol–water partition coefficient (Wildman–Crippen LogP) is 0.138. The Balaban J connectivity index is 2.83. The Kier molecular flexibility index (Phi) is 4.04. The summed E-state index contributed by atoms with van der Waals surface area (Å²) in [5.74, 6) is 0. The van der Waals surface area contributed by atoms with Gasteiger partial charge in [-0.05, 0) is 19.9 Å². The van der Waals surface area contributed by atoms with Gasteiger partial charge in [0.2, 0.25) is 0 Å². The highest BCUT2D eigenvalue weighted by molar-refractivity contribution is 4.49. The molecule has 0 aromatic rings. The van der Waals surface area contributed by atoms with Gasteiger partial charge in [0.25, 0.3) is 0 Å². The van der Waals surface area contributed by atoms with Crippen LogP contribution in [0.1, 0.15) is 13.3 Å². The van der Waals surface area contributed by atoms with Crippen molar-refractivity contribution >= 4 is 0 Å². The van der Waals surface area contributed by atoms with Crippen LogP contribution in [0.2, 0.25) is 0 Å². The van der Waals surface area contributed by atoms with Gasteiger partial charge in [0.15, 0.2) is 0 Å². The SMILES string of the molecule is [CH2]CNC(O)CC. The highest BCUT2D eigenvalue weighted by Crippen LogP contribution is 1.80. The molecular formula is C5H12NO. The number of nitrogens with one attached hydrogen (secondary N) is 1. The minimum Gasteiger partial charge on any atom is -0.379 e. The van der Waals surface area contributed by atoms with Crippen LogP contribution in [-0.2, 0) is 0 Å². The van der Waals surface area contributed by atoms with E-state index in [9.17, 15) is 0 Å². The predicted molar refractivity (Wildman–Crippen MR) is 29.7 cm³/mol. The fourth-order valence-corrected chi connectivity index (χ4v) is 0.311. The maximum absolute atomic E-state index is 8.71. The summed E-state index contributed by atoms with van der Waals surface area (Å²) >= 11 is 0. The highest BCUT2D eigenvalue weighted by Gasteiger charge is 1.92. The van der Waals surface area contributed by atoms with Gasteiger partial charge in [-0.25, -0.2) is 0 Å². The molecule has 1 radical (unpaired) electrons. The standard InChI is InChI=1S/C5H12NO/c1-3-5(7)6-4-2/h5-7H,2-4H2,1H3. The number of rotatable bonds is 3. The molecule has 2 nitrogen and oxygen atoms in total. The zero-order valence-corrected chi connectivity index (χ0v) is 4.65. The van der Waals surface area contributed by atoms with Gasteiger partial charge in [-0.3, -0.25) is 5.32 Å². The summed E-state index contributed by atoms with van der Waals surface area (Å²) in [6.45, 7) is 6.00. The minimum atomic E-state index is -0.363. The molecule has 0 rings (SSSR count). The molecule has 0 spiro atoms. The highest BCUT2D eigenvalue weighted by atomic mass is 16.3. The summed E-state index contributed by atoms with van der Waals surface area (Å²) < 4.78 is 0. The molecule has 0 saturated carbocycles. The van der Waals surface area contributed by atoms with Crippen LogP contribution >= 0.6 is 0 Å². The van der Waals surface area contributed by atoms with Crippen LogP contribution < -0.4 is 5.32 Å². The lowest BCUT2D eigenvalue weighted by molar-refractivity contribution is 0.137. The van der Waals surface area contributed by atoms with Crippen molar-refractivity contribution in [2.24, 2.45) is 0 Å². The van der Waals surface area contributed by atoms with Gasteiger partial charge in [-0.15, -0.1) is 0 Å². The molecule has 0 aliphatic carbocycles. The first-order chi connectivity index (χ1) is 3.31. The van der Waals surface area contributed by atoms with E-state index >= 15 is 0 Å². The van der Waals surface area contributed by atoms with Crippen LogP contribution in [0.3, 0.4) is 0 Å². The van der Waals surface area contributed by atoms with Gasteiger partial charge in [-0.2, -0.15) is 0 Å². The molecule has 0 heterocycles. The van der Waals surface area contributed by atoms with Crippen molar-refractivity contribution in [3.63, 3.8) is 0 Å². The Morgan fingerprint density at radius 2 is 2.43 bits per heavy atom. The second-order valence-electron chi connectivity index (χ2n) is 1.38. The molecule has 0 saturated heterocycles. The summed E-state index contributed by atoms with van der Waals surface area (Å²) in [5.41, 5.74) is 0. The van der Waals surface area contributed by atoms with E-state index in [1.165, 1.54) is 0 Å². The molecule has 7 heavy (non-hydrogen) atoms. The van der Waals surface area contributed by atoms with E-state index < -0.39 is 0 Å². The molecule has 2 heteroatoms. The molecule has 0 bridgehead atoms. The summed E-state index contributed by atoms with van der Waals surface area (Å²) in [7, 11) is 0. The van der Waals surface area contributed by atoms with Gasteiger partial charge in [-0.1, -0.05) is 6.92 Å². The van der Waals surface area contributed by atoms with Crippen molar-refractivity contribution in [2.75, 3.05) is 6.54 Å². The zero-order chi connectivity index (χ0) is 5.70. The van der Waals surface area contributed by atoms with Gasteiger partial charge in [0, 0.05) is 0 Å². The van der Waals surface area contributed by atoms with E-state index in [1.54, 1.807) is 0 Å². The number of hydrogen-bond donors (Lipinski definition) is 2. The first-order valence-electron chi connectivity index (χ1n) is 2.52. The van der Waals surface area contributed by atoms with E-state index in [0.29, 0.717) is 6.54 Å². The van der Waals surface area contributed by atoms with Gasteiger partial charge in [0.1, 0.15) is 6.23 Å². The molecule has 0 aromatic heterocycles. The Hall–Kier alpha value is -0.0800. The third-order valence-electron chi connectivity index (χ3n) is 0.767. The average molecular weight is 102 g/mol. The smallest absolute Gasteiger partial charge is 0.104 e. The lowest BCUT2D eigenvalue weighted by Crippen LogP contribution is -2.27. The van der Waals surface area contributed by atoms with Gasteiger partial charge < -0.3 is 5.11 Å². The first kappa shape index (κ1) is 6.92. The average Bonchev–Trinajstić information content (AvgIpc) is 1.68. The quantitative estimate of drug-likeness (QED) is 0.497. The molecule has 0 aliphatic heterocycles. The molecule has 43 valence electrons. The molecule has 0 aliphatic rings. The minimum absolute atomic E-state index is 0.363. The van der Waals surface area contributed by atoms with Crippen molar-refractivity contribution in [3.8, 4) is 0 Å². The second kappa shape index (κ2) is 4.09. The molecule has 0 fully saturated rings. The third-order valence-corrected chi connectivity index (χ3v) is 0.767. The van der Waals surface area contributed by atoms with E-state index in [0.717, 1.165) is 6.42 Å². The van der Waals surface area contributed by atoms with Crippen LogP contribution in [0.15, 0.2) is 0 Å². The Bertz CT molecular complexity index is 39.1. The van der Waals surface area contributed by atoms with E-state index in [-0.39, 0.29) is 6.23 Å². The Morgan fingerprint density at radius 1 is 1.86 bits per heavy atom. The summed E-state index contributed by atoms with van der Waals surface area (Å²) in [6.07, 6.45) is 0.382. The summed E-state index contributed by atoms with van der Waals surface area (Å²) in [6, 6.07) is 0. The number of aliphatic hydroxyl groups is 1. The van der Waals surface area contributed by atoms with Crippen molar-refractivity contribution in [1.29, 1.82) is 0 Å². The molecule has 1 atom stereocenters. The van der Waals surface area contributed by atoms with Gasteiger partial charge >= 0.3 is 0 Å². The summed E-state index contributed by atoms with van der Waals surface area (Å²) in [4.78, 5) is 0. The van der Waals surface area contributed by atoms with Gasteiger partial charge in [0.05, 0.1) is 0 Å².